The van der Waals surface area contributed by atoms with Crippen LogP contribution in [0.1, 0.15) is 31.9 Å². The molecule has 0 bridgehead atoms. The molecule has 5 heteroatoms. The van der Waals surface area contributed by atoms with Crippen molar-refractivity contribution in [2.75, 3.05) is 5.01 Å². The van der Waals surface area contributed by atoms with Crippen LogP contribution in [0.15, 0.2) is 53.8 Å². The Bertz CT molecular complexity index is 689. The highest BCUT2D eigenvalue weighted by Gasteiger charge is 2.14. The van der Waals surface area contributed by atoms with Gasteiger partial charge in [0.15, 0.2) is 0 Å². The first-order valence-corrected chi connectivity index (χ1v) is 8.11. The predicted molar refractivity (Wildman–Crippen MR) is 100 cm³/mol. The Labute approximate surface area is 148 Å². The summed E-state index contributed by atoms with van der Waals surface area (Å²) in [5.74, 6) is -0.822. The van der Waals surface area contributed by atoms with Crippen LogP contribution in [-0.4, -0.2) is 6.72 Å². The molecule has 0 heterocycles. The molecule has 0 unspecified atom stereocenters. The Morgan fingerprint density at radius 1 is 1.12 bits per heavy atom. The zero-order chi connectivity index (χ0) is 18.8. The molecule has 0 spiro atoms. The third-order valence-electron chi connectivity index (χ3n) is 3.24. The molecule has 2 rings (SSSR count). The van der Waals surface area contributed by atoms with Crippen LogP contribution in [0.2, 0.25) is 0 Å². The van der Waals surface area contributed by atoms with E-state index in [4.69, 9.17) is 4.74 Å². The molecule has 0 atom stereocenters. The first-order valence-electron chi connectivity index (χ1n) is 8.11. The van der Waals surface area contributed by atoms with Crippen molar-refractivity contribution in [2.45, 2.75) is 34.3 Å². The van der Waals surface area contributed by atoms with Crippen molar-refractivity contribution in [3.05, 3.63) is 71.4 Å². The lowest BCUT2D eigenvalue weighted by Crippen LogP contribution is -2.09. The quantitative estimate of drug-likeness (QED) is 0.485. The number of rotatable bonds is 6. The number of nitrogens with zero attached hydrogens (tertiary/aromatic N) is 2. The first-order chi connectivity index (χ1) is 12.0. The molecule has 0 aliphatic carbocycles. The maximum atomic E-state index is 14.2. The van der Waals surface area contributed by atoms with E-state index in [9.17, 15) is 8.78 Å². The van der Waals surface area contributed by atoms with Gasteiger partial charge in [0.25, 0.3) is 0 Å². The first kappa shape index (κ1) is 20.4. The fraction of sp³-hybridized carbons (Fsp3) is 0.250. The summed E-state index contributed by atoms with van der Waals surface area (Å²) in [7, 11) is 0. The van der Waals surface area contributed by atoms with Gasteiger partial charge in [0, 0.05) is 25.1 Å². The summed E-state index contributed by atoms with van der Waals surface area (Å²) in [4.78, 5) is 0. The molecule has 134 valence electrons. The second kappa shape index (κ2) is 10.2. The van der Waals surface area contributed by atoms with Gasteiger partial charge in [0.05, 0.1) is 11.3 Å². The van der Waals surface area contributed by atoms with Gasteiger partial charge in [-0.2, -0.15) is 5.10 Å². The van der Waals surface area contributed by atoms with E-state index in [1.54, 1.807) is 31.3 Å². The molecule has 0 radical (unpaired) electrons. The minimum absolute atomic E-state index is 0.126. The number of ether oxygens (including phenoxy) is 1. The van der Waals surface area contributed by atoms with Crippen LogP contribution in [-0.2, 0) is 6.61 Å². The number of hydrazone groups is 1. The number of aryl methyl sites for hydroxylation is 1. The lowest BCUT2D eigenvalue weighted by Gasteiger charge is -2.15. The van der Waals surface area contributed by atoms with E-state index in [2.05, 4.69) is 11.8 Å². The van der Waals surface area contributed by atoms with E-state index in [1.165, 1.54) is 17.1 Å². The smallest absolute Gasteiger partial charge is 0.134 e. The Kier molecular flexibility index (Phi) is 8.33. The summed E-state index contributed by atoms with van der Waals surface area (Å²) < 4.78 is 33.8. The van der Waals surface area contributed by atoms with E-state index in [0.29, 0.717) is 5.75 Å². The Morgan fingerprint density at radius 2 is 1.68 bits per heavy atom. The molecule has 2 aromatic carbocycles. The zero-order valence-electron chi connectivity index (χ0n) is 15.1. The van der Waals surface area contributed by atoms with E-state index < -0.39 is 11.6 Å². The van der Waals surface area contributed by atoms with Gasteiger partial charge in [-0.15, -0.1) is 0 Å². The lowest BCUT2D eigenvalue weighted by atomic mass is 10.2. The lowest BCUT2D eigenvalue weighted by molar-refractivity contribution is 0.292. The van der Waals surface area contributed by atoms with Crippen molar-refractivity contribution >= 4 is 12.4 Å². The number of hydrogen-bond donors (Lipinski definition) is 0. The van der Waals surface area contributed by atoms with Gasteiger partial charge in [-0.3, -0.25) is 0 Å². The van der Waals surface area contributed by atoms with Crippen LogP contribution in [0.5, 0.6) is 5.75 Å². The number of allylic oxidation sites excluding steroid dienone is 1. The standard InChI is InChI=1S/C18H18F2N2O.C2H6/c1-4-9-22(21-3)14-10-17(19)16(18(20)11-14)12-23-15-7-5-13(2)6-8-15;1-2/h4-11H,3,12H2,1-2H3;1-2H3/b9-4-;. The Balaban J connectivity index is 0.00000151. The van der Waals surface area contributed by atoms with Crippen molar-refractivity contribution < 1.29 is 13.5 Å². The summed E-state index contributed by atoms with van der Waals surface area (Å²) in [6.45, 7) is 10.9. The number of benzene rings is 2. The predicted octanol–water partition coefficient (Wildman–Crippen LogP) is 5.83. The van der Waals surface area contributed by atoms with Crippen molar-refractivity contribution in [1.29, 1.82) is 0 Å². The van der Waals surface area contributed by atoms with Crippen LogP contribution in [0.4, 0.5) is 14.5 Å². The molecule has 25 heavy (non-hydrogen) atoms. The van der Waals surface area contributed by atoms with Gasteiger partial charge in [0.2, 0.25) is 0 Å². The molecule has 0 N–H and O–H groups in total. The number of anilines is 1. The molecule has 2 aromatic rings. The summed E-state index contributed by atoms with van der Waals surface area (Å²) in [5.41, 5.74) is 1.21. The third kappa shape index (κ3) is 5.71. The molecule has 0 aliphatic heterocycles. The van der Waals surface area contributed by atoms with E-state index in [-0.39, 0.29) is 17.9 Å². The van der Waals surface area contributed by atoms with Crippen LogP contribution in [0, 0.1) is 18.6 Å². The minimum atomic E-state index is -0.690. The highest BCUT2D eigenvalue weighted by atomic mass is 19.1. The van der Waals surface area contributed by atoms with Gasteiger partial charge < -0.3 is 4.74 Å². The molecule has 0 amide bonds. The van der Waals surface area contributed by atoms with Crippen molar-refractivity contribution in [2.24, 2.45) is 5.10 Å². The topological polar surface area (TPSA) is 24.8 Å². The average molecular weight is 346 g/mol. The molecular weight excluding hydrogens is 322 g/mol. The average Bonchev–Trinajstić information content (AvgIpc) is 2.62. The fourth-order valence-electron chi connectivity index (χ4n) is 2.01. The van der Waals surface area contributed by atoms with Gasteiger partial charge in [-0.25, -0.2) is 13.8 Å². The summed E-state index contributed by atoms with van der Waals surface area (Å²) in [6.07, 6.45) is 3.25. The summed E-state index contributed by atoms with van der Waals surface area (Å²) in [5, 5.41) is 4.98. The van der Waals surface area contributed by atoms with Gasteiger partial charge >= 0.3 is 0 Å². The Morgan fingerprint density at radius 3 is 2.16 bits per heavy atom. The minimum Gasteiger partial charge on any atom is -0.489 e. The van der Waals surface area contributed by atoms with E-state index in [1.807, 2.05) is 32.9 Å². The van der Waals surface area contributed by atoms with Crippen molar-refractivity contribution in [1.82, 2.24) is 0 Å². The van der Waals surface area contributed by atoms with Gasteiger partial charge in [0.1, 0.15) is 24.0 Å². The fourth-order valence-corrected chi connectivity index (χ4v) is 2.01. The molecule has 0 fully saturated rings. The molecular formula is C20H24F2N2O. The van der Waals surface area contributed by atoms with Gasteiger partial charge in [-0.05, 0) is 26.0 Å². The monoisotopic (exact) mass is 346 g/mol. The Hall–Kier alpha value is -2.69. The molecule has 0 saturated heterocycles. The highest BCUT2D eigenvalue weighted by Crippen LogP contribution is 2.24. The van der Waals surface area contributed by atoms with Crippen molar-refractivity contribution in [3.8, 4) is 5.75 Å². The third-order valence-corrected chi connectivity index (χ3v) is 3.24. The maximum Gasteiger partial charge on any atom is 0.134 e. The largest absolute Gasteiger partial charge is 0.489 e. The van der Waals surface area contributed by atoms with Gasteiger partial charge in [-0.1, -0.05) is 37.6 Å². The summed E-state index contributed by atoms with van der Waals surface area (Å²) in [6, 6.07) is 9.66. The van der Waals surface area contributed by atoms with Crippen LogP contribution >= 0.6 is 0 Å². The summed E-state index contributed by atoms with van der Waals surface area (Å²) >= 11 is 0. The second-order valence-electron chi connectivity index (χ2n) is 4.96. The van der Waals surface area contributed by atoms with Crippen LogP contribution in [0.25, 0.3) is 0 Å². The number of halogens is 2. The highest BCUT2D eigenvalue weighted by molar-refractivity contribution is 5.52. The maximum absolute atomic E-state index is 14.2. The SMILES string of the molecule is C=NN(/C=C\C)c1cc(F)c(COc2ccc(C)cc2)c(F)c1.CC. The normalized spacial score (nSPS) is 10.2. The second-order valence-corrected chi connectivity index (χ2v) is 4.96. The zero-order valence-corrected chi connectivity index (χ0v) is 15.1. The molecule has 0 saturated carbocycles. The van der Waals surface area contributed by atoms with Crippen molar-refractivity contribution in [3.63, 3.8) is 0 Å². The molecule has 0 aromatic heterocycles. The van der Waals surface area contributed by atoms with Crippen LogP contribution < -0.4 is 9.75 Å². The number of hydrogen-bond acceptors (Lipinski definition) is 3. The molecule has 0 aliphatic rings. The molecule has 3 nitrogen and oxygen atoms in total. The van der Waals surface area contributed by atoms with Crippen LogP contribution in [0.3, 0.4) is 0 Å². The van der Waals surface area contributed by atoms with E-state index in [0.717, 1.165) is 5.56 Å². The van der Waals surface area contributed by atoms with E-state index >= 15 is 0 Å².